The van der Waals surface area contributed by atoms with Gasteiger partial charge in [0.1, 0.15) is 4.90 Å². The van der Waals surface area contributed by atoms with Crippen molar-refractivity contribution in [2.75, 3.05) is 32.8 Å². The molecule has 1 atom stereocenters. The number of morpholine rings is 1. The maximum atomic E-state index is 13.7. The first kappa shape index (κ1) is 22.9. The standard InChI is InChI=1S/C23H28N6O4S/c30-23(27-13-15-33-16-14-27)20-17-28(26-25-20)12-9-19-7-1-2-11-29(19)34(31,32)21-8-3-5-18-6-4-10-24-22(18)21/h3-6,8,10,17,19H,1-2,7,9,11-16H2. The summed E-state index contributed by atoms with van der Waals surface area (Å²) in [6, 6.07) is 8.79. The smallest absolute Gasteiger partial charge is 0.276 e. The number of sulfonamides is 1. The number of carbonyl (C=O) groups excluding carboxylic acids is 1. The molecule has 10 nitrogen and oxygen atoms in total. The molecule has 11 heteroatoms. The van der Waals surface area contributed by atoms with Crippen LogP contribution in [0.1, 0.15) is 36.2 Å². The molecule has 2 aliphatic rings. The summed E-state index contributed by atoms with van der Waals surface area (Å²) in [5.41, 5.74) is 0.800. The number of piperidine rings is 1. The van der Waals surface area contributed by atoms with Crippen LogP contribution >= 0.6 is 0 Å². The lowest BCUT2D eigenvalue weighted by Gasteiger charge is -2.34. The number of aromatic nitrogens is 4. The van der Waals surface area contributed by atoms with E-state index in [2.05, 4.69) is 15.3 Å². The summed E-state index contributed by atoms with van der Waals surface area (Å²) in [6.45, 7) is 3.10. The van der Waals surface area contributed by atoms with E-state index in [1.54, 1.807) is 44.5 Å². The first-order valence-corrected chi connectivity index (χ1v) is 13.1. The lowest BCUT2D eigenvalue weighted by Crippen LogP contribution is -2.44. The molecule has 3 aromatic rings. The predicted octanol–water partition coefficient (Wildman–Crippen LogP) is 1.93. The predicted molar refractivity (Wildman–Crippen MR) is 125 cm³/mol. The molecule has 0 bridgehead atoms. The van der Waals surface area contributed by atoms with Crippen LogP contribution in [-0.4, -0.2) is 82.4 Å². The van der Waals surface area contributed by atoms with Crippen molar-refractivity contribution in [2.45, 2.75) is 43.2 Å². The van der Waals surface area contributed by atoms with Crippen LogP contribution in [0.3, 0.4) is 0 Å². The number of pyridine rings is 1. The minimum Gasteiger partial charge on any atom is -0.378 e. The zero-order valence-corrected chi connectivity index (χ0v) is 19.7. The van der Waals surface area contributed by atoms with Crippen LogP contribution in [-0.2, 0) is 21.3 Å². The highest BCUT2D eigenvalue weighted by atomic mass is 32.2. The van der Waals surface area contributed by atoms with E-state index in [9.17, 15) is 13.2 Å². The quantitative estimate of drug-likeness (QED) is 0.526. The van der Waals surface area contributed by atoms with Crippen molar-refractivity contribution in [3.63, 3.8) is 0 Å². The molecule has 0 radical (unpaired) electrons. The molecule has 4 heterocycles. The van der Waals surface area contributed by atoms with Crippen molar-refractivity contribution < 1.29 is 17.9 Å². The summed E-state index contributed by atoms with van der Waals surface area (Å²) in [7, 11) is -3.71. The van der Waals surface area contributed by atoms with Crippen molar-refractivity contribution in [3.8, 4) is 0 Å². The number of nitrogens with zero attached hydrogens (tertiary/aromatic N) is 6. The molecule has 34 heavy (non-hydrogen) atoms. The lowest BCUT2D eigenvalue weighted by molar-refractivity contribution is 0.0299. The highest BCUT2D eigenvalue weighted by Crippen LogP contribution is 2.30. The van der Waals surface area contributed by atoms with Crippen molar-refractivity contribution in [3.05, 3.63) is 48.4 Å². The summed E-state index contributed by atoms with van der Waals surface area (Å²) in [5, 5.41) is 8.96. The van der Waals surface area contributed by atoms with Gasteiger partial charge in [0.15, 0.2) is 5.69 Å². The van der Waals surface area contributed by atoms with Gasteiger partial charge in [-0.25, -0.2) is 8.42 Å². The fourth-order valence-corrected chi connectivity index (χ4v) is 6.60. The highest BCUT2D eigenvalue weighted by molar-refractivity contribution is 7.89. The van der Waals surface area contributed by atoms with Gasteiger partial charge in [0.2, 0.25) is 10.0 Å². The Morgan fingerprint density at radius 1 is 1.09 bits per heavy atom. The lowest BCUT2D eigenvalue weighted by atomic mass is 10.0. The average Bonchev–Trinajstić information content (AvgIpc) is 3.36. The van der Waals surface area contributed by atoms with Crippen LogP contribution < -0.4 is 0 Å². The molecule has 0 saturated carbocycles. The van der Waals surface area contributed by atoms with Crippen LogP contribution in [0.4, 0.5) is 0 Å². The SMILES string of the molecule is O=C(c1cn(CCC2CCCCN2S(=O)(=O)c2cccc3cccnc23)nn1)N1CCOCC1. The Bertz CT molecular complexity index is 1270. The molecule has 1 aromatic carbocycles. The Kier molecular flexibility index (Phi) is 6.57. The second kappa shape index (κ2) is 9.77. The number of amides is 1. The minimum atomic E-state index is -3.71. The van der Waals surface area contributed by atoms with Gasteiger partial charge >= 0.3 is 0 Å². The average molecular weight is 485 g/mol. The number of aryl methyl sites for hydroxylation is 1. The first-order chi connectivity index (χ1) is 16.5. The van der Waals surface area contributed by atoms with Gasteiger partial charge in [-0.1, -0.05) is 29.8 Å². The molecule has 180 valence electrons. The molecule has 2 aliphatic heterocycles. The normalized spacial score (nSPS) is 20.0. The van der Waals surface area contributed by atoms with Crippen molar-refractivity contribution >= 4 is 26.8 Å². The molecule has 0 N–H and O–H groups in total. The fourth-order valence-electron chi connectivity index (χ4n) is 4.71. The van der Waals surface area contributed by atoms with Crippen LogP contribution in [0.2, 0.25) is 0 Å². The van der Waals surface area contributed by atoms with Gasteiger partial charge in [-0.3, -0.25) is 14.5 Å². The third kappa shape index (κ3) is 4.55. The number of para-hydroxylation sites is 1. The topological polar surface area (TPSA) is 111 Å². The Morgan fingerprint density at radius 3 is 2.76 bits per heavy atom. The third-order valence-corrected chi connectivity index (χ3v) is 8.49. The van der Waals surface area contributed by atoms with E-state index in [-0.39, 0.29) is 16.8 Å². The Labute approximate surface area is 198 Å². The van der Waals surface area contributed by atoms with Crippen LogP contribution in [0.5, 0.6) is 0 Å². The summed E-state index contributed by atoms with van der Waals surface area (Å²) < 4.78 is 35.9. The Balaban J connectivity index is 1.31. The van der Waals surface area contributed by atoms with Gasteiger partial charge in [0.05, 0.1) is 24.9 Å². The summed E-state index contributed by atoms with van der Waals surface area (Å²) in [5.74, 6) is -0.153. The zero-order chi connectivity index (χ0) is 23.5. The number of rotatable bonds is 6. The number of fused-ring (bicyclic) bond motifs is 1. The first-order valence-electron chi connectivity index (χ1n) is 11.7. The summed E-state index contributed by atoms with van der Waals surface area (Å²) >= 11 is 0. The van der Waals surface area contributed by atoms with E-state index in [0.717, 1.165) is 24.6 Å². The van der Waals surface area contributed by atoms with Gasteiger partial charge in [-0.05, 0) is 31.4 Å². The largest absolute Gasteiger partial charge is 0.378 e. The monoisotopic (exact) mass is 484 g/mol. The second-order valence-electron chi connectivity index (χ2n) is 8.66. The molecule has 5 rings (SSSR count). The molecule has 2 saturated heterocycles. The van der Waals surface area contributed by atoms with E-state index in [4.69, 9.17) is 4.74 Å². The fraction of sp³-hybridized carbons (Fsp3) is 0.478. The number of ether oxygens (including phenoxy) is 1. The van der Waals surface area contributed by atoms with Crippen LogP contribution in [0, 0.1) is 0 Å². The molecule has 1 unspecified atom stereocenters. The minimum absolute atomic E-state index is 0.152. The van der Waals surface area contributed by atoms with E-state index in [1.165, 1.54) is 0 Å². The van der Waals surface area contributed by atoms with Gasteiger partial charge < -0.3 is 9.64 Å². The molecule has 2 aromatic heterocycles. The van der Waals surface area contributed by atoms with Crippen molar-refractivity contribution in [1.82, 2.24) is 29.2 Å². The molecular weight excluding hydrogens is 456 g/mol. The van der Waals surface area contributed by atoms with Gasteiger partial charge in [0, 0.05) is 43.8 Å². The number of hydrogen-bond donors (Lipinski definition) is 0. The van der Waals surface area contributed by atoms with Crippen molar-refractivity contribution in [1.29, 1.82) is 0 Å². The maximum Gasteiger partial charge on any atom is 0.276 e. The maximum absolute atomic E-state index is 13.7. The summed E-state index contributed by atoms with van der Waals surface area (Å²) in [4.78, 5) is 18.9. The number of carbonyl (C=O) groups is 1. The molecular formula is C23H28N6O4S. The summed E-state index contributed by atoms with van der Waals surface area (Å²) in [6.07, 6.45) is 6.44. The molecule has 1 amide bonds. The van der Waals surface area contributed by atoms with E-state index < -0.39 is 10.0 Å². The Hall–Kier alpha value is -2.89. The number of hydrogen-bond acceptors (Lipinski definition) is 7. The molecule has 0 spiro atoms. The molecule has 0 aliphatic carbocycles. The van der Waals surface area contributed by atoms with Crippen LogP contribution in [0.15, 0.2) is 47.6 Å². The Morgan fingerprint density at radius 2 is 1.91 bits per heavy atom. The zero-order valence-electron chi connectivity index (χ0n) is 18.9. The van der Waals surface area contributed by atoms with Crippen LogP contribution in [0.25, 0.3) is 10.9 Å². The van der Waals surface area contributed by atoms with E-state index >= 15 is 0 Å². The van der Waals surface area contributed by atoms with Gasteiger partial charge in [0.25, 0.3) is 5.91 Å². The molecule has 2 fully saturated rings. The highest BCUT2D eigenvalue weighted by Gasteiger charge is 2.34. The van der Waals surface area contributed by atoms with E-state index in [0.29, 0.717) is 57.0 Å². The van der Waals surface area contributed by atoms with E-state index in [1.807, 2.05) is 12.1 Å². The second-order valence-corrected chi connectivity index (χ2v) is 10.5. The van der Waals surface area contributed by atoms with Gasteiger partial charge in [-0.2, -0.15) is 4.31 Å². The number of benzene rings is 1. The third-order valence-electron chi connectivity index (χ3n) is 6.50. The van der Waals surface area contributed by atoms with Crippen molar-refractivity contribution in [2.24, 2.45) is 0 Å². The van der Waals surface area contributed by atoms with Gasteiger partial charge in [-0.15, -0.1) is 5.10 Å².